The number of hydrogen-bond acceptors (Lipinski definition) is 2. The number of ether oxygens (including phenoxy) is 1. The van der Waals surface area contributed by atoms with Crippen LogP contribution in [0.5, 0.6) is 0 Å². The molecule has 122 valence electrons. The van der Waals surface area contributed by atoms with Gasteiger partial charge in [-0.25, -0.2) is 0 Å². The van der Waals surface area contributed by atoms with E-state index in [2.05, 4.69) is 25.4 Å². The zero-order valence-corrected chi connectivity index (χ0v) is 14.2. The standard InChI is InChI=1S/C19H35NO/c1-3-5-7-16-9-11-17(12-10-16)19(20-13-4-2)18-8-6-14-21-15-18/h15-17,19-20H,3-14H2,1-2H3. The third kappa shape index (κ3) is 5.32. The number of rotatable bonds is 8. The molecule has 0 spiro atoms. The third-order valence-corrected chi connectivity index (χ3v) is 5.30. The lowest BCUT2D eigenvalue weighted by molar-refractivity contribution is 0.193. The highest BCUT2D eigenvalue weighted by Gasteiger charge is 2.29. The quantitative estimate of drug-likeness (QED) is 0.676. The summed E-state index contributed by atoms with van der Waals surface area (Å²) in [5.74, 6) is 1.84. The summed E-state index contributed by atoms with van der Waals surface area (Å²) in [5.41, 5.74) is 1.53. The fourth-order valence-corrected chi connectivity index (χ4v) is 4.02. The van der Waals surface area contributed by atoms with Gasteiger partial charge in [-0.1, -0.05) is 46.0 Å². The molecule has 0 radical (unpaired) electrons. The molecule has 1 fully saturated rings. The van der Waals surface area contributed by atoms with Gasteiger partial charge in [0.05, 0.1) is 12.9 Å². The lowest BCUT2D eigenvalue weighted by Gasteiger charge is -2.36. The largest absolute Gasteiger partial charge is 0.501 e. The SMILES string of the molecule is CCCCC1CCC(C(NCCC)C2=COCCC2)CC1. The molecule has 0 saturated heterocycles. The Morgan fingerprint density at radius 3 is 2.62 bits per heavy atom. The highest BCUT2D eigenvalue weighted by Crippen LogP contribution is 2.36. The van der Waals surface area contributed by atoms with Gasteiger partial charge < -0.3 is 10.1 Å². The molecule has 1 aliphatic heterocycles. The normalized spacial score (nSPS) is 27.8. The smallest absolute Gasteiger partial charge is 0.0876 e. The van der Waals surface area contributed by atoms with Crippen molar-refractivity contribution in [2.75, 3.05) is 13.2 Å². The lowest BCUT2D eigenvalue weighted by atomic mass is 9.74. The Hall–Kier alpha value is -0.500. The van der Waals surface area contributed by atoms with Gasteiger partial charge in [0.15, 0.2) is 0 Å². The Morgan fingerprint density at radius 2 is 2.00 bits per heavy atom. The van der Waals surface area contributed by atoms with E-state index in [1.54, 1.807) is 0 Å². The van der Waals surface area contributed by atoms with Crippen LogP contribution in [0.1, 0.15) is 78.1 Å². The Morgan fingerprint density at radius 1 is 1.19 bits per heavy atom. The monoisotopic (exact) mass is 293 g/mol. The molecule has 1 aliphatic carbocycles. The summed E-state index contributed by atoms with van der Waals surface area (Å²) in [5, 5.41) is 3.82. The molecule has 0 bridgehead atoms. The predicted octanol–water partition coefficient (Wildman–Crippen LogP) is 5.05. The van der Waals surface area contributed by atoms with Crippen molar-refractivity contribution in [2.45, 2.75) is 84.1 Å². The number of nitrogens with one attached hydrogen (secondary N) is 1. The zero-order valence-electron chi connectivity index (χ0n) is 14.2. The summed E-state index contributed by atoms with van der Waals surface area (Å²) in [6.07, 6.45) is 15.7. The molecule has 1 saturated carbocycles. The van der Waals surface area contributed by atoms with Gasteiger partial charge in [0, 0.05) is 6.04 Å². The van der Waals surface area contributed by atoms with Crippen molar-refractivity contribution in [3.05, 3.63) is 11.8 Å². The van der Waals surface area contributed by atoms with Crippen molar-refractivity contribution >= 4 is 0 Å². The molecule has 0 amide bonds. The molecule has 21 heavy (non-hydrogen) atoms. The van der Waals surface area contributed by atoms with E-state index in [0.717, 1.165) is 25.0 Å². The van der Waals surface area contributed by atoms with Crippen LogP contribution in [0, 0.1) is 11.8 Å². The Kier molecular flexibility index (Phi) is 7.63. The molecular formula is C19H35NO. The summed E-state index contributed by atoms with van der Waals surface area (Å²) in [6.45, 7) is 6.62. The highest BCUT2D eigenvalue weighted by molar-refractivity contribution is 5.12. The Balaban J connectivity index is 1.87. The first kappa shape index (κ1) is 16.9. The second-order valence-corrected chi connectivity index (χ2v) is 7.02. The lowest BCUT2D eigenvalue weighted by Crippen LogP contribution is -2.40. The van der Waals surface area contributed by atoms with Crippen molar-refractivity contribution in [3.8, 4) is 0 Å². The van der Waals surface area contributed by atoms with Gasteiger partial charge in [-0.3, -0.25) is 0 Å². The van der Waals surface area contributed by atoms with Crippen LogP contribution < -0.4 is 5.32 Å². The van der Waals surface area contributed by atoms with Gasteiger partial charge in [0.2, 0.25) is 0 Å². The van der Waals surface area contributed by atoms with E-state index in [0.29, 0.717) is 6.04 Å². The van der Waals surface area contributed by atoms with E-state index in [1.165, 1.54) is 69.8 Å². The second-order valence-electron chi connectivity index (χ2n) is 7.02. The van der Waals surface area contributed by atoms with Crippen LogP contribution in [0.2, 0.25) is 0 Å². The molecular weight excluding hydrogens is 258 g/mol. The minimum absolute atomic E-state index is 0.581. The fourth-order valence-electron chi connectivity index (χ4n) is 4.02. The molecule has 2 rings (SSSR count). The van der Waals surface area contributed by atoms with Crippen molar-refractivity contribution in [1.82, 2.24) is 5.32 Å². The van der Waals surface area contributed by atoms with Gasteiger partial charge in [0.25, 0.3) is 0 Å². The van der Waals surface area contributed by atoms with Gasteiger partial charge in [-0.2, -0.15) is 0 Å². The van der Waals surface area contributed by atoms with E-state index >= 15 is 0 Å². The third-order valence-electron chi connectivity index (χ3n) is 5.30. The minimum atomic E-state index is 0.581. The van der Waals surface area contributed by atoms with Crippen LogP contribution in [0.15, 0.2) is 11.8 Å². The molecule has 1 heterocycles. The minimum Gasteiger partial charge on any atom is -0.501 e. The van der Waals surface area contributed by atoms with E-state index in [-0.39, 0.29) is 0 Å². The molecule has 2 heteroatoms. The summed E-state index contributed by atoms with van der Waals surface area (Å²) in [6, 6.07) is 0.581. The molecule has 1 unspecified atom stereocenters. The maximum absolute atomic E-state index is 5.61. The Bertz CT molecular complexity index is 305. The summed E-state index contributed by atoms with van der Waals surface area (Å²) in [7, 11) is 0. The molecule has 2 nitrogen and oxygen atoms in total. The van der Waals surface area contributed by atoms with Gasteiger partial charge in [0.1, 0.15) is 0 Å². The van der Waals surface area contributed by atoms with E-state index in [9.17, 15) is 0 Å². The van der Waals surface area contributed by atoms with Crippen LogP contribution in [0.4, 0.5) is 0 Å². The van der Waals surface area contributed by atoms with Crippen LogP contribution in [-0.2, 0) is 4.74 Å². The number of hydrogen-bond donors (Lipinski definition) is 1. The number of unbranched alkanes of at least 4 members (excludes halogenated alkanes) is 1. The second kappa shape index (κ2) is 9.50. The van der Waals surface area contributed by atoms with E-state index in [4.69, 9.17) is 4.74 Å². The van der Waals surface area contributed by atoms with Crippen LogP contribution in [0.25, 0.3) is 0 Å². The first-order valence-corrected chi connectivity index (χ1v) is 9.39. The summed E-state index contributed by atoms with van der Waals surface area (Å²) in [4.78, 5) is 0. The zero-order chi connectivity index (χ0) is 14.9. The highest BCUT2D eigenvalue weighted by atomic mass is 16.5. The average molecular weight is 293 g/mol. The molecule has 0 aromatic heterocycles. The molecule has 0 aromatic carbocycles. The van der Waals surface area contributed by atoms with Crippen LogP contribution in [0.3, 0.4) is 0 Å². The van der Waals surface area contributed by atoms with E-state index < -0.39 is 0 Å². The van der Waals surface area contributed by atoms with Crippen molar-refractivity contribution < 1.29 is 4.74 Å². The predicted molar refractivity (Wildman–Crippen MR) is 90.3 cm³/mol. The maximum atomic E-state index is 5.61. The van der Waals surface area contributed by atoms with Crippen molar-refractivity contribution in [1.29, 1.82) is 0 Å². The van der Waals surface area contributed by atoms with E-state index in [1.807, 2.05) is 0 Å². The molecule has 1 atom stereocenters. The first-order valence-electron chi connectivity index (χ1n) is 9.39. The average Bonchev–Trinajstić information content (AvgIpc) is 2.55. The maximum Gasteiger partial charge on any atom is 0.0876 e. The van der Waals surface area contributed by atoms with Crippen molar-refractivity contribution in [2.24, 2.45) is 11.8 Å². The molecule has 1 N–H and O–H groups in total. The van der Waals surface area contributed by atoms with Gasteiger partial charge in [-0.05, 0) is 56.1 Å². The first-order chi connectivity index (χ1) is 10.3. The van der Waals surface area contributed by atoms with Crippen molar-refractivity contribution in [3.63, 3.8) is 0 Å². The Labute approximate surface area is 131 Å². The van der Waals surface area contributed by atoms with Crippen LogP contribution in [-0.4, -0.2) is 19.2 Å². The topological polar surface area (TPSA) is 21.3 Å². The van der Waals surface area contributed by atoms with Gasteiger partial charge >= 0.3 is 0 Å². The van der Waals surface area contributed by atoms with Gasteiger partial charge in [-0.15, -0.1) is 0 Å². The fraction of sp³-hybridized carbons (Fsp3) is 0.895. The summed E-state index contributed by atoms with van der Waals surface area (Å²) < 4.78 is 5.61. The summed E-state index contributed by atoms with van der Waals surface area (Å²) >= 11 is 0. The van der Waals surface area contributed by atoms with Crippen LogP contribution >= 0.6 is 0 Å². The molecule has 2 aliphatic rings. The molecule has 0 aromatic rings.